The summed E-state index contributed by atoms with van der Waals surface area (Å²) in [6, 6.07) is 24.1. The number of hydrogen-bond donors (Lipinski definition) is 2. The van der Waals surface area contributed by atoms with Gasteiger partial charge in [-0.2, -0.15) is 0 Å². The molecule has 0 saturated heterocycles. The van der Waals surface area contributed by atoms with E-state index in [2.05, 4.69) is 54.8 Å². The summed E-state index contributed by atoms with van der Waals surface area (Å²) in [7, 11) is 0. The second kappa shape index (κ2) is 10.7. The van der Waals surface area contributed by atoms with Crippen molar-refractivity contribution in [1.82, 2.24) is 0 Å². The summed E-state index contributed by atoms with van der Waals surface area (Å²) in [5, 5.41) is 7.31. The minimum atomic E-state index is -0.304. The van der Waals surface area contributed by atoms with Crippen LogP contribution in [0.5, 0.6) is 11.5 Å². The van der Waals surface area contributed by atoms with Crippen LogP contribution in [0.4, 0.5) is 11.4 Å². The lowest BCUT2D eigenvalue weighted by atomic mass is 9.78. The van der Waals surface area contributed by atoms with E-state index in [0.29, 0.717) is 6.42 Å². The molecule has 0 bridgehead atoms. The van der Waals surface area contributed by atoms with Crippen LogP contribution in [0.15, 0.2) is 84.1 Å². The van der Waals surface area contributed by atoms with E-state index in [9.17, 15) is 4.79 Å². The van der Waals surface area contributed by atoms with E-state index in [4.69, 9.17) is 9.47 Å². The summed E-state index contributed by atoms with van der Waals surface area (Å²) in [4.78, 5) is 13.9. The molecule has 37 heavy (non-hydrogen) atoms. The molecule has 0 fully saturated rings. The summed E-state index contributed by atoms with van der Waals surface area (Å²) >= 11 is 0. The van der Waals surface area contributed by atoms with Crippen molar-refractivity contribution in [2.45, 2.75) is 71.1 Å². The third-order valence-electron chi connectivity index (χ3n) is 7.17. The van der Waals surface area contributed by atoms with Crippen molar-refractivity contribution in [2.24, 2.45) is 0 Å². The summed E-state index contributed by atoms with van der Waals surface area (Å²) in [5.41, 5.74) is 5.86. The maximum Gasteiger partial charge on any atom is 0.163 e. The van der Waals surface area contributed by atoms with Gasteiger partial charge in [-0.05, 0) is 75.4 Å². The fourth-order valence-corrected chi connectivity index (χ4v) is 5.18. The zero-order valence-corrected chi connectivity index (χ0v) is 22.1. The molecule has 192 valence electrons. The van der Waals surface area contributed by atoms with Crippen molar-refractivity contribution in [2.75, 3.05) is 10.6 Å². The van der Waals surface area contributed by atoms with E-state index >= 15 is 0 Å². The molecule has 3 aromatic carbocycles. The monoisotopic (exact) mass is 496 g/mol. The summed E-state index contributed by atoms with van der Waals surface area (Å²) in [6.07, 6.45) is 2.34. The second-order valence-electron chi connectivity index (χ2n) is 10.3. The van der Waals surface area contributed by atoms with Crippen LogP contribution in [-0.4, -0.2) is 18.0 Å². The summed E-state index contributed by atoms with van der Waals surface area (Å²) in [6.45, 7) is 8.23. The first-order valence-electron chi connectivity index (χ1n) is 13.3. The van der Waals surface area contributed by atoms with Crippen LogP contribution in [0.2, 0.25) is 0 Å². The van der Waals surface area contributed by atoms with Crippen LogP contribution in [0, 0.1) is 0 Å². The molecule has 0 radical (unpaired) electrons. The molecule has 1 aliphatic carbocycles. The summed E-state index contributed by atoms with van der Waals surface area (Å²) < 4.78 is 12.1. The molecular formula is C32H36N2O3. The Morgan fingerprint density at radius 3 is 2.30 bits per heavy atom. The smallest absolute Gasteiger partial charge is 0.163 e. The number of anilines is 2. The Morgan fingerprint density at radius 1 is 0.865 bits per heavy atom. The van der Waals surface area contributed by atoms with Gasteiger partial charge in [0.25, 0.3) is 0 Å². The Morgan fingerprint density at radius 2 is 1.57 bits per heavy atom. The SMILES string of the molecule is CCC(C)Oc1ccccc1C1Nc2ccccc2NC2=C1C(=O)CC(c1ccc(OC(C)C)cc1)C2. The number of allylic oxidation sites excluding steroid dienone is 1. The minimum absolute atomic E-state index is 0.0832. The molecule has 2 aliphatic rings. The lowest BCUT2D eigenvalue weighted by Gasteiger charge is -2.31. The van der Waals surface area contributed by atoms with Gasteiger partial charge in [0.1, 0.15) is 11.5 Å². The molecule has 0 spiro atoms. The standard InChI is InChI=1S/C32H36N2O3/c1-5-21(4)37-30-13-9-6-10-25(30)32-31-28(33-26-11-7-8-12-27(26)34-32)18-23(19-29(31)35)22-14-16-24(17-15-22)36-20(2)3/h6-17,20-21,23,32-34H,5,18-19H2,1-4H3. The molecule has 5 rings (SSSR count). The molecule has 1 aliphatic heterocycles. The van der Waals surface area contributed by atoms with Gasteiger partial charge >= 0.3 is 0 Å². The zero-order chi connectivity index (χ0) is 25.9. The maximum absolute atomic E-state index is 13.9. The molecule has 3 unspecified atom stereocenters. The Hall–Kier alpha value is -3.73. The van der Waals surface area contributed by atoms with E-state index in [1.807, 2.05) is 56.3 Å². The minimum Gasteiger partial charge on any atom is -0.491 e. The lowest BCUT2D eigenvalue weighted by molar-refractivity contribution is -0.116. The van der Waals surface area contributed by atoms with Crippen molar-refractivity contribution in [1.29, 1.82) is 0 Å². The number of hydrogen-bond acceptors (Lipinski definition) is 5. The maximum atomic E-state index is 13.9. The average Bonchev–Trinajstić information content (AvgIpc) is 3.06. The Bertz CT molecular complexity index is 1300. The van der Waals surface area contributed by atoms with E-state index in [1.165, 1.54) is 0 Å². The van der Waals surface area contributed by atoms with Gasteiger partial charge in [-0.15, -0.1) is 0 Å². The van der Waals surface area contributed by atoms with Crippen LogP contribution < -0.4 is 20.1 Å². The van der Waals surface area contributed by atoms with Gasteiger partial charge in [-0.25, -0.2) is 0 Å². The number of carbonyl (C=O) groups excluding carboxylic acids is 1. The number of ketones is 1. The van der Waals surface area contributed by atoms with Crippen molar-refractivity contribution in [3.05, 3.63) is 95.2 Å². The fraction of sp³-hybridized carbons (Fsp3) is 0.344. The van der Waals surface area contributed by atoms with E-state index < -0.39 is 0 Å². The predicted octanol–water partition coefficient (Wildman–Crippen LogP) is 7.63. The predicted molar refractivity (Wildman–Crippen MR) is 149 cm³/mol. The van der Waals surface area contributed by atoms with E-state index in [0.717, 1.165) is 58.1 Å². The van der Waals surface area contributed by atoms with Gasteiger partial charge in [0, 0.05) is 23.3 Å². The van der Waals surface area contributed by atoms with Gasteiger partial charge in [-0.1, -0.05) is 49.4 Å². The molecule has 5 nitrogen and oxygen atoms in total. The first-order valence-corrected chi connectivity index (χ1v) is 13.3. The number of nitrogens with one attached hydrogen (secondary N) is 2. The molecule has 1 heterocycles. The third kappa shape index (κ3) is 5.36. The molecule has 0 amide bonds. The van der Waals surface area contributed by atoms with E-state index in [-0.39, 0.29) is 30.0 Å². The van der Waals surface area contributed by atoms with Gasteiger partial charge in [0.2, 0.25) is 0 Å². The highest BCUT2D eigenvalue weighted by Gasteiger charge is 2.37. The number of rotatable bonds is 7. The van der Waals surface area contributed by atoms with Crippen LogP contribution >= 0.6 is 0 Å². The van der Waals surface area contributed by atoms with Crippen LogP contribution in [0.25, 0.3) is 0 Å². The first-order chi connectivity index (χ1) is 17.9. The second-order valence-corrected chi connectivity index (χ2v) is 10.3. The molecule has 0 saturated carbocycles. The quantitative estimate of drug-likeness (QED) is 0.352. The number of ether oxygens (including phenoxy) is 2. The van der Waals surface area contributed by atoms with Gasteiger partial charge in [0.15, 0.2) is 5.78 Å². The Labute approximate surface area is 219 Å². The Kier molecular flexibility index (Phi) is 7.22. The molecule has 3 atom stereocenters. The van der Waals surface area contributed by atoms with Gasteiger partial charge in [-0.3, -0.25) is 4.79 Å². The topological polar surface area (TPSA) is 59.6 Å². The average molecular weight is 497 g/mol. The lowest BCUT2D eigenvalue weighted by Crippen LogP contribution is -2.27. The highest BCUT2D eigenvalue weighted by Crippen LogP contribution is 2.46. The van der Waals surface area contributed by atoms with Crippen LogP contribution in [-0.2, 0) is 4.79 Å². The van der Waals surface area contributed by atoms with Crippen molar-refractivity contribution in [3.8, 4) is 11.5 Å². The molecule has 3 aromatic rings. The van der Waals surface area contributed by atoms with Crippen molar-refractivity contribution in [3.63, 3.8) is 0 Å². The van der Waals surface area contributed by atoms with E-state index in [1.54, 1.807) is 0 Å². The molecule has 0 aromatic heterocycles. The normalized spacial score (nSPS) is 19.8. The number of Topliss-reactive ketones (excluding diaryl/α,β-unsaturated/α-hetero) is 1. The Balaban J connectivity index is 1.54. The highest BCUT2D eigenvalue weighted by atomic mass is 16.5. The van der Waals surface area contributed by atoms with Crippen molar-refractivity contribution < 1.29 is 14.3 Å². The van der Waals surface area contributed by atoms with Crippen LogP contribution in [0.3, 0.4) is 0 Å². The molecular weight excluding hydrogens is 460 g/mol. The summed E-state index contributed by atoms with van der Waals surface area (Å²) in [5.74, 6) is 1.93. The third-order valence-corrected chi connectivity index (χ3v) is 7.17. The number of fused-ring (bicyclic) bond motifs is 1. The number of benzene rings is 3. The first kappa shape index (κ1) is 24.9. The van der Waals surface area contributed by atoms with Gasteiger partial charge < -0.3 is 20.1 Å². The highest BCUT2D eigenvalue weighted by molar-refractivity contribution is 6.01. The molecule has 5 heteroatoms. The zero-order valence-electron chi connectivity index (χ0n) is 22.1. The van der Waals surface area contributed by atoms with Gasteiger partial charge in [0.05, 0.1) is 29.6 Å². The number of para-hydroxylation sites is 3. The molecule has 2 N–H and O–H groups in total. The fourth-order valence-electron chi connectivity index (χ4n) is 5.18. The van der Waals surface area contributed by atoms with Crippen molar-refractivity contribution >= 4 is 17.2 Å². The van der Waals surface area contributed by atoms with Crippen LogP contribution in [0.1, 0.15) is 70.0 Å². The number of carbonyl (C=O) groups is 1. The largest absolute Gasteiger partial charge is 0.491 e.